The predicted octanol–water partition coefficient (Wildman–Crippen LogP) is 3.19. The van der Waals surface area contributed by atoms with Crippen LogP contribution in [0.5, 0.6) is 0 Å². The van der Waals surface area contributed by atoms with Gasteiger partial charge in [-0.25, -0.2) is 0 Å². The maximum absolute atomic E-state index is 13.0. The Kier molecular flexibility index (Phi) is 6.93. The highest BCUT2D eigenvalue weighted by molar-refractivity contribution is 6.00. The average Bonchev–Trinajstić information content (AvgIpc) is 3.09. The number of carbonyl (C=O) groups excluding carboxylic acids is 3. The smallest absolute Gasteiger partial charge is 0.248 e. The third kappa shape index (κ3) is 5.37. The molecule has 1 aliphatic heterocycles. The van der Waals surface area contributed by atoms with Crippen LogP contribution < -0.4 is 4.90 Å². The van der Waals surface area contributed by atoms with Crippen molar-refractivity contribution in [1.29, 1.82) is 0 Å². The van der Waals surface area contributed by atoms with Crippen LogP contribution in [0.2, 0.25) is 0 Å². The topological polar surface area (TPSA) is 60.9 Å². The molecular formula is C23H33N3O3. The van der Waals surface area contributed by atoms with E-state index < -0.39 is 0 Å². The van der Waals surface area contributed by atoms with Crippen molar-refractivity contribution in [2.45, 2.75) is 52.9 Å². The minimum atomic E-state index is -0.155. The summed E-state index contributed by atoms with van der Waals surface area (Å²) in [6.45, 7) is 7.06. The second-order valence-electron chi connectivity index (χ2n) is 8.84. The van der Waals surface area contributed by atoms with Gasteiger partial charge in [0.1, 0.15) is 13.2 Å². The number of rotatable bonds is 6. The molecule has 6 nitrogen and oxygen atoms in total. The summed E-state index contributed by atoms with van der Waals surface area (Å²) in [4.78, 5) is 43.4. The quantitative estimate of drug-likeness (QED) is 0.738. The zero-order valence-corrected chi connectivity index (χ0v) is 17.9. The van der Waals surface area contributed by atoms with Gasteiger partial charge in [-0.05, 0) is 37.8 Å². The maximum Gasteiger partial charge on any atom is 0.248 e. The Hall–Kier alpha value is -2.37. The summed E-state index contributed by atoms with van der Waals surface area (Å²) in [5, 5.41) is 0. The van der Waals surface area contributed by atoms with E-state index in [1.807, 2.05) is 31.2 Å². The lowest BCUT2D eigenvalue weighted by Gasteiger charge is -2.31. The van der Waals surface area contributed by atoms with E-state index in [0.717, 1.165) is 36.9 Å². The first-order chi connectivity index (χ1) is 13.8. The van der Waals surface area contributed by atoms with Crippen LogP contribution in [0.25, 0.3) is 0 Å². The van der Waals surface area contributed by atoms with Gasteiger partial charge in [-0.2, -0.15) is 0 Å². The van der Waals surface area contributed by atoms with Crippen LogP contribution in [0.15, 0.2) is 24.3 Å². The molecule has 1 aliphatic carbocycles. The monoisotopic (exact) mass is 399 g/mol. The Balaban J connectivity index is 1.65. The fourth-order valence-corrected chi connectivity index (χ4v) is 4.21. The van der Waals surface area contributed by atoms with E-state index in [0.29, 0.717) is 12.5 Å². The van der Waals surface area contributed by atoms with Gasteiger partial charge in [-0.1, -0.05) is 50.8 Å². The number of hydrogen-bond acceptors (Lipinski definition) is 3. The third-order valence-electron chi connectivity index (χ3n) is 5.82. The van der Waals surface area contributed by atoms with Gasteiger partial charge in [-0.15, -0.1) is 0 Å². The van der Waals surface area contributed by atoms with Gasteiger partial charge in [0, 0.05) is 18.2 Å². The summed E-state index contributed by atoms with van der Waals surface area (Å²) < 4.78 is 0. The van der Waals surface area contributed by atoms with Crippen LogP contribution in [-0.2, 0) is 14.4 Å². The molecule has 0 atom stereocenters. The second-order valence-corrected chi connectivity index (χ2v) is 8.84. The fourth-order valence-electron chi connectivity index (χ4n) is 4.21. The third-order valence-corrected chi connectivity index (χ3v) is 5.82. The molecule has 0 aromatic heterocycles. The molecule has 1 saturated carbocycles. The largest absolute Gasteiger partial charge is 0.333 e. The zero-order valence-electron chi connectivity index (χ0n) is 17.9. The van der Waals surface area contributed by atoms with E-state index in [2.05, 4.69) is 13.8 Å². The second kappa shape index (κ2) is 9.42. The Labute approximate surface area is 173 Å². The summed E-state index contributed by atoms with van der Waals surface area (Å²) in [6, 6.07) is 7.72. The number of carbonyl (C=O) groups is 3. The SMILES string of the molecule is Cc1ccc(N2CN(C(=O)CN(CC(C)C)C(=O)C3CCCCC3)CC2=O)cc1. The zero-order chi connectivity index (χ0) is 21.0. The van der Waals surface area contributed by atoms with Crippen molar-refractivity contribution in [3.05, 3.63) is 29.8 Å². The predicted molar refractivity (Wildman–Crippen MR) is 113 cm³/mol. The summed E-state index contributed by atoms with van der Waals surface area (Å²) in [7, 11) is 0. The van der Waals surface area contributed by atoms with Gasteiger partial charge >= 0.3 is 0 Å². The molecule has 158 valence electrons. The lowest BCUT2D eigenvalue weighted by atomic mass is 9.88. The molecule has 6 heteroatoms. The first-order valence-corrected chi connectivity index (χ1v) is 10.8. The van der Waals surface area contributed by atoms with Crippen molar-refractivity contribution in [3.8, 4) is 0 Å². The van der Waals surface area contributed by atoms with E-state index in [1.165, 1.54) is 6.42 Å². The molecule has 3 amide bonds. The van der Waals surface area contributed by atoms with Crippen molar-refractivity contribution < 1.29 is 14.4 Å². The number of anilines is 1. The van der Waals surface area contributed by atoms with E-state index in [1.54, 1.807) is 14.7 Å². The number of hydrogen-bond donors (Lipinski definition) is 0. The highest BCUT2D eigenvalue weighted by Crippen LogP contribution is 2.26. The average molecular weight is 400 g/mol. The summed E-state index contributed by atoms with van der Waals surface area (Å²) in [6.07, 6.45) is 5.21. The number of aryl methyl sites for hydroxylation is 1. The molecule has 3 rings (SSSR count). The molecule has 0 unspecified atom stereocenters. The molecule has 0 bridgehead atoms. The van der Waals surface area contributed by atoms with Crippen LogP contribution >= 0.6 is 0 Å². The lowest BCUT2D eigenvalue weighted by molar-refractivity contribution is -0.143. The molecule has 0 spiro atoms. The van der Waals surface area contributed by atoms with Crippen LogP contribution in [0.1, 0.15) is 51.5 Å². The molecule has 2 fully saturated rings. The summed E-state index contributed by atoms with van der Waals surface area (Å²) >= 11 is 0. The first kappa shape index (κ1) is 21.3. The van der Waals surface area contributed by atoms with Crippen LogP contribution in [0, 0.1) is 18.8 Å². The normalized spacial score (nSPS) is 17.9. The molecule has 1 heterocycles. The Morgan fingerprint density at radius 1 is 1.10 bits per heavy atom. The summed E-state index contributed by atoms with van der Waals surface area (Å²) in [5.74, 6) is 0.195. The molecule has 1 aromatic carbocycles. The van der Waals surface area contributed by atoms with Crippen molar-refractivity contribution >= 4 is 23.4 Å². The summed E-state index contributed by atoms with van der Waals surface area (Å²) in [5.41, 5.74) is 1.92. The van der Waals surface area contributed by atoms with E-state index in [-0.39, 0.29) is 43.4 Å². The van der Waals surface area contributed by atoms with Crippen molar-refractivity contribution in [1.82, 2.24) is 9.80 Å². The van der Waals surface area contributed by atoms with Gasteiger partial charge in [-0.3, -0.25) is 19.3 Å². The number of amides is 3. The molecule has 1 saturated heterocycles. The molecular weight excluding hydrogens is 366 g/mol. The van der Waals surface area contributed by atoms with Gasteiger partial charge < -0.3 is 9.80 Å². The van der Waals surface area contributed by atoms with Crippen LogP contribution in [0.3, 0.4) is 0 Å². The Morgan fingerprint density at radius 3 is 2.38 bits per heavy atom. The molecule has 0 radical (unpaired) electrons. The van der Waals surface area contributed by atoms with E-state index in [4.69, 9.17) is 0 Å². The Bertz CT molecular complexity index is 738. The standard InChI is InChI=1S/C23H33N3O3/c1-17(2)13-24(23(29)19-7-5-4-6-8-19)14-21(27)25-15-22(28)26(16-25)20-11-9-18(3)10-12-20/h9-12,17,19H,4-8,13-16H2,1-3H3. The first-order valence-electron chi connectivity index (χ1n) is 10.8. The molecule has 2 aliphatic rings. The van der Waals surface area contributed by atoms with Crippen LogP contribution in [-0.4, -0.2) is 53.8 Å². The number of benzene rings is 1. The van der Waals surface area contributed by atoms with Gasteiger partial charge in [0.05, 0.1) is 6.54 Å². The van der Waals surface area contributed by atoms with Crippen molar-refractivity contribution in [2.75, 3.05) is 31.2 Å². The molecule has 1 aromatic rings. The van der Waals surface area contributed by atoms with E-state index in [9.17, 15) is 14.4 Å². The fraction of sp³-hybridized carbons (Fsp3) is 0.609. The Morgan fingerprint density at radius 2 is 1.76 bits per heavy atom. The number of nitrogens with zero attached hydrogens (tertiary/aromatic N) is 3. The van der Waals surface area contributed by atoms with Gasteiger partial charge in [0.2, 0.25) is 17.7 Å². The van der Waals surface area contributed by atoms with E-state index >= 15 is 0 Å². The van der Waals surface area contributed by atoms with Crippen LogP contribution in [0.4, 0.5) is 5.69 Å². The minimum Gasteiger partial charge on any atom is -0.333 e. The minimum absolute atomic E-state index is 0.0413. The highest BCUT2D eigenvalue weighted by Gasteiger charge is 2.34. The van der Waals surface area contributed by atoms with Crippen molar-refractivity contribution in [3.63, 3.8) is 0 Å². The van der Waals surface area contributed by atoms with Crippen molar-refractivity contribution in [2.24, 2.45) is 11.8 Å². The lowest BCUT2D eigenvalue weighted by Crippen LogP contribution is -2.46. The van der Waals surface area contributed by atoms with Gasteiger partial charge in [0.15, 0.2) is 0 Å². The highest BCUT2D eigenvalue weighted by atomic mass is 16.2. The van der Waals surface area contributed by atoms with Gasteiger partial charge in [0.25, 0.3) is 0 Å². The molecule has 29 heavy (non-hydrogen) atoms. The molecule has 0 N–H and O–H groups in total. The maximum atomic E-state index is 13.0.